The summed E-state index contributed by atoms with van der Waals surface area (Å²) in [6.45, 7) is 0.0377. The summed E-state index contributed by atoms with van der Waals surface area (Å²) in [5.74, 6) is -1.03. The van der Waals surface area contributed by atoms with Gasteiger partial charge in [0.15, 0.2) is 0 Å². The molecule has 0 aliphatic rings. The zero-order chi connectivity index (χ0) is 9.84. The summed E-state index contributed by atoms with van der Waals surface area (Å²) in [5.41, 5.74) is 5.29. The molecule has 4 heteroatoms. The standard InChI is InChI=1S/C9H11F2NO/c10-7-1-2-9(11)6(3-7)4-8(13)5-12/h1-3,8,13H,4-5,12H2. The Labute approximate surface area is 75.0 Å². The highest BCUT2D eigenvalue weighted by Gasteiger charge is 2.08. The third-order valence-corrected chi connectivity index (χ3v) is 1.74. The van der Waals surface area contributed by atoms with Crippen LogP contribution < -0.4 is 5.73 Å². The molecule has 1 unspecified atom stereocenters. The minimum Gasteiger partial charge on any atom is -0.391 e. The van der Waals surface area contributed by atoms with E-state index in [1.165, 1.54) is 0 Å². The fraction of sp³-hybridized carbons (Fsp3) is 0.333. The number of hydrogen-bond acceptors (Lipinski definition) is 2. The highest BCUT2D eigenvalue weighted by atomic mass is 19.1. The second-order valence-corrected chi connectivity index (χ2v) is 2.83. The number of aliphatic hydroxyl groups excluding tert-OH is 1. The van der Waals surface area contributed by atoms with E-state index >= 15 is 0 Å². The number of rotatable bonds is 3. The van der Waals surface area contributed by atoms with E-state index in [4.69, 9.17) is 10.8 Å². The average molecular weight is 187 g/mol. The van der Waals surface area contributed by atoms with E-state index in [9.17, 15) is 8.78 Å². The minimum absolute atomic E-state index is 0.0377. The summed E-state index contributed by atoms with van der Waals surface area (Å²) < 4.78 is 25.6. The molecule has 3 N–H and O–H groups in total. The van der Waals surface area contributed by atoms with Gasteiger partial charge in [-0.05, 0) is 23.8 Å². The van der Waals surface area contributed by atoms with Gasteiger partial charge in [0.25, 0.3) is 0 Å². The van der Waals surface area contributed by atoms with Gasteiger partial charge in [0.05, 0.1) is 6.10 Å². The second kappa shape index (κ2) is 4.30. The summed E-state index contributed by atoms with van der Waals surface area (Å²) in [4.78, 5) is 0. The molecule has 72 valence electrons. The van der Waals surface area contributed by atoms with E-state index in [0.29, 0.717) is 0 Å². The number of halogens is 2. The van der Waals surface area contributed by atoms with Gasteiger partial charge in [-0.2, -0.15) is 0 Å². The maximum Gasteiger partial charge on any atom is 0.126 e. The Kier molecular flexibility index (Phi) is 3.33. The molecule has 2 nitrogen and oxygen atoms in total. The fourth-order valence-electron chi connectivity index (χ4n) is 1.04. The molecule has 0 spiro atoms. The number of hydrogen-bond donors (Lipinski definition) is 2. The third-order valence-electron chi connectivity index (χ3n) is 1.74. The van der Waals surface area contributed by atoms with Crippen molar-refractivity contribution in [3.05, 3.63) is 35.4 Å². The van der Waals surface area contributed by atoms with Crippen LogP contribution >= 0.6 is 0 Å². The maximum atomic E-state index is 12.9. The molecule has 0 amide bonds. The molecule has 1 atom stereocenters. The average Bonchev–Trinajstić information content (AvgIpc) is 2.11. The van der Waals surface area contributed by atoms with Crippen LogP contribution in [-0.2, 0) is 6.42 Å². The smallest absolute Gasteiger partial charge is 0.126 e. The van der Waals surface area contributed by atoms with Gasteiger partial charge in [0.2, 0.25) is 0 Å². The Bertz CT molecular complexity index is 291. The molecule has 0 bridgehead atoms. The van der Waals surface area contributed by atoms with E-state index in [1.807, 2.05) is 0 Å². The normalized spacial score (nSPS) is 12.9. The molecule has 0 fully saturated rings. The Balaban J connectivity index is 2.81. The van der Waals surface area contributed by atoms with E-state index in [2.05, 4.69) is 0 Å². The maximum absolute atomic E-state index is 12.9. The van der Waals surface area contributed by atoms with Crippen LogP contribution in [0, 0.1) is 11.6 Å². The van der Waals surface area contributed by atoms with Gasteiger partial charge in [-0.15, -0.1) is 0 Å². The summed E-state index contributed by atoms with van der Waals surface area (Å²) in [6.07, 6.45) is -0.781. The van der Waals surface area contributed by atoms with Crippen molar-refractivity contribution in [2.45, 2.75) is 12.5 Å². The van der Waals surface area contributed by atoms with E-state index < -0.39 is 17.7 Å². The first-order valence-electron chi connectivity index (χ1n) is 3.95. The molecule has 0 saturated heterocycles. The van der Waals surface area contributed by atoms with Crippen molar-refractivity contribution in [3.63, 3.8) is 0 Å². The molecule has 1 rings (SSSR count). The summed E-state index contributed by atoms with van der Waals surface area (Å²) in [6, 6.07) is 3.13. The lowest BCUT2D eigenvalue weighted by Crippen LogP contribution is -2.22. The molecular formula is C9H11F2NO. The van der Waals surface area contributed by atoms with Gasteiger partial charge in [0.1, 0.15) is 11.6 Å². The van der Waals surface area contributed by atoms with Crippen LogP contribution in [0.2, 0.25) is 0 Å². The molecule has 1 aromatic carbocycles. The van der Waals surface area contributed by atoms with Crippen LogP contribution in [0.3, 0.4) is 0 Å². The van der Waals surface area contributed by atoms with Gasteiger partial charge >= 0.3 is 0 Å². The summed E-state index contributed by atoms with van der Waals surface area (Å²) in [7, 11) is 0. The largest absolute Gasteiger partial charge is 0.391 e. The zero-order valence-electron chi connectivity index (χ0n) is 7.00. The summed E-state index contributed by atoms with van der Waals surface area (Å²) >= 11 is 0. The van der Waals surface area contributed by atoms with Gasteiger partial charge in [-0.25, -0.2) is 8.78 Å². The Morgan fingerprint density at radius 2 is 2.08 bits per heavy atom. The first-order valence-corrected chi connectivity index (χ1v) is 3.95. The molecule has 0 aliphatic heterocycles. The molecular weight excluding hydrogens is 176 g/mol. The number of aliphatic hydroxyl groups is 1. The Morgan fingerprint density at radius 3 is 2.69 bits per heavy atom. The van der Waals surface area contributed by atoms with E-state index in [1.54, 1.807) is 0 Å². The van der Waals surface area contributed by atoms with Gasteiger partial charge in [0, 0.05) is 13.0 Å². The lowest BCUT2D eigenvalue weighted by Gasteiger charge is -2.08. The van der Waals surface area contributed by atoms with Crippen LogP contribution in [-0.4, -0.2) is 17.8 Å². The van der Waals surface area contributed by atoms with Gasteiger partial charge in [-0.3, -0.25) is 0 Å². The van der Waals surface area contributed by atoms with Crippen molar-refractivity contribution in [2.24, 2.45) is 5.73 Å². The molecule has 0 radical (unpaired) electrons. The second-order valence-electron chi connectivity index (χ2n) is 2.83. The van der Waals surface area contributed by atoms with Crippen molar-refractivity contribution in [1.29, 1.82) is 0 Å². The topological polar surface area (TPSA) is 46.2 Å². The molecule has 0 aliphatic carbocycles. The molecule has 0 saturated carbocycles. The predicted octanol–water partition coefficient (Wildman–Crippen LogP) is 0.827. The van der Waals surface area contributed by atoms with Crippen molar-refractivity contribution in [3.8, 4) is 0 Å². The molecule has 13 heavy (non-hydrogen) atoms. The Hall–Kier alpha value is -1.00. The van der Waals surface area contributed by atoms with Gasteiger partial charge in [-0.1, -0.05) is 0 Å². The van der Waals surface area contributed by atoms with E-state index in [0.717, 1.165) is 18.2 Å². The van der Waals surface area contributed by atoms with Crippen molar-refractivity contribution >= 4 is 0 Å². The summed E-state index contributed by atoms with van der Waals surface area (Å²) in [5, 5.41) is 9.11. The number of benzene rings is 1. The Morgan fingerprint density at radius 1 is 1.38 bits per heavy atom. The van der Waals surface area contributed by atoms with Crippen LogP contribution in [0.25, 0.3) is 0 Å². The molecule has 1 aromatic rings. The first-order chi connectivity index (χ1) is 6.13. The molecule has 0 aromatic heterocycles. The van der Waals surface area contributed by atoms with Crippen molar-refractivity contribution < 1.29 is 13.9 Å². The van der Waals surface area contributed by atoms with Crippen LogP contribution in [0.4, 0.5) is 8.78 Å². The highest BCUT2D eigenvalue weighted by molar-refractivity contribution is 5.19. The lowest BCUT2D eigenvalue weighted by molar-refractivity contribution is 0.182. The van der Waals surface area contributed by atoms with Crippen molar-refractivity contribution in [2.75, 3.05) is 6.54 Å². The van der Waals surface area contributed by atoms with Gasteiger partial charge < -0.3 is 10.8 Å². The zero-order valence-corrected chi connectivity index (χ0v) is 7.00. The van der Waals surface area contributed by atoms with Crippen molar-refractivity contribution in [1.82, 2.24) is 0 Å². The SMILES string of the molecule is NCC(O)Cc1cc(F)ccc1F. The van der Waals surface area contributed by atoms with Crippen LogP contribution in [0.15, 0.2) is 18.2 Å². The quantitative estimate of drug-likeness (QED) is 0.736. The third kappa shape index (κ3) is 2.75. The number of nitrogens with two attached hydrogens (primary N) is 1. The highest BCUT2D eigenvalue weighted by Crippen LogP contribution is 2.11. The van der Waals surface area contributed by atoms with E-state index in [-0.39, 0.29) is 18.5 Å². The fourth-order valence-corrected chi connectivity index (χ4v) is 1.04. The molecule has 0 heterocycles. The minimum atomic E-state index is -0.823. The van der Waals surface area contributed by atoms with Crippen LogP contribution in [0.5, 0.6) is 0 Å². The first kappa shape index (κ1) is 10.1. The monoisotopic (exact) mass is 187 g/mol. The van der Waals surface area contributed by atoms with Crippen LogP contribution in [0.1, 0.15) is 5.56 Å². The lowest BCUT2D eigenvalue weighted by atomic mass is 10.1. The predicted molar refractivity (Wildman–Crippen MR) is 45.1 cm³/mol.